The predicted molar refractivity (Wildman–Crippen MR) is 99.4 cm³/mol. The number of hydrogen-bond acceptors (Lipinski definition) is 3. The number of hydrogen-bond donors (Lipinski definition) is 0. The van der Waals surface area contributed by atoms with Crippen LogP contribution in [0.15, 0.2) is 30.3 Å². The number of fused-ring (bicyclic) bond motifs is 2. The molecule has 1 aromatic rings. The molecular formula is C22H29NO3. The Morgan fingerprint density at radius 1 is 1.12 bits per heavy atom. The van der Waals surface area contributed by atoms with E-state index in [4.69, 9.17) is 4.74 Å². The van der Waals surface area contributed by atoms with E-state index >= 15 is 0 Å². The van der Waals surface area contributed by atoms with Gasteiger partial charge >= 0.3 is 5.97 Å². The van der Waals surface area contributed by atoms with Gasteiger partial charge in [0.25, 0.3) is 5.91 Å². The Labute approximate surface area is 155 Å². The number of likely N-dealkylation sites (tertiary alicyclic amines) is 1. The van der Waals surface area contributed by atoms with Crippen molar-refractivity contribution in [2.45, 2.75) is 58.5 Å². The van der Waals surface area contributed by atoms with E-state index in [0.717, 1.165) is 38.8 Å². The standard InChI is InChI=1S/C22H29NO3/c1-20(2)21(3)11-12-22(20,26-19(21)25)18(24)23-13-9-17(10-14-23)15-16-7-5-4-6-8-16/h4-8,17H,9-15H2,1-3H3/t21-,22+/m1/s1. The average Bonchev–Trinajstić information content (AvgIpc) is 2.93. The van der Waals surface area contributed by atoms with E-state index in [9.17, 15) is 9.59 Å². The fourth-order valence-corrected chi connectivity index (χ4v) is 5.26. The third-order valence-corrected chi connectivity index (χ3v) is 7.70. The molecule has 3 fully saturated rings. The molecule has 1 amide bonds. The summed E-state index contributed by atoms with van der Waals surface area (Å²) in [4.78, 5) is 27.8. The summed E-state index contributed by atoms with van der Waals surface area (Å²) in [5.74, 6) is 0.461. The fraction of sp³-hybridized carbons (Fsp3) is 0.636. The van der Waals surface area contributed by atoms with E-state index in [2.05, 4.69) is 24.3 Å². The lowest BCUT2D eigenvalue weighted by Gasteiger charge is -2.41. The zero-order valence-corrected chi connectivity index (χ0v) is 16.1. The van der Waals surface area contributed by atoms with Crippen LogP contribution in [0.4, 0.5) is 0 Å². The molecule has 0 spiro atoms. The minimum absolute atomic E-state index is 0.0373. The number of carbonyl (C=O) groups is 2. The summed E-state index contributed by atoms with van der Waals surface area (Å²) < 4.78 is 5.77. The summed E-state index contributed by atoms with van der Waals surface area (Å²) in [7, 11) is 0. The van der Waals surface area contributed by atoms with Crippen molar-refractivity contribution >= 4 is 11.9 Å². The van der Waals surface area contributed by atoms with Crippen LogP contribution in [-0.4, -0.2) is 35.5 Å². The van der Waals surface area contributed by atoms with Gasteiger partial charge in [-0.05, 0) is 50.5 Å². The van der Waals surface area contributed by atoms with Crippen molar-refractivity contribution in [2.24, 2.45) is 16.7 Å². The number of carbonyl (C=O) groups excluding carboxylic acids is 2. The first kappa shape index (κ1) is 17.6. The van der Waals surface area contributed by atoms with Gasteiger partial charge in [-0.1, -0.05) is 44.2 Å². The first-order valence-corrected chi connectivity index (χ1v) is 9.87. The first-order chi connectivity index (χ1) is 12.3. The predicted octanol–water partition coefficient (Wildman–Crippen LogP) is 3.59. The molecule has 2 aliphatic heterocycles. The first-order valence-electron chi connectivity index (χ1n) is 9.87. The lowest BCUT2D eigenvalue weighted by Crippen LogP contribution is -2.56. The van der Waals surface area contributed by atoms with Gasteiger partial charge < -0.3 is 9.64 Å². The minimum atomic E-state index is -0.953. The number of rotatable bonds is 3. The molecule has 0 N–H and O–H groups in total. The molecule has 0 aromatic heterocycles. The molecule has 4 rings (SSSR count). The lowest BCUT2D eigenvalue weighted by atomic mass is 9.66. The molecule has 26 heavy (non-hydrogen) atoms. The molecule has 1 saturated carbocycles. The molecule has 4 heteroatoms. The summed E-state index contributed by atoms with van der Waals surface area (Å²) in [6, 6.07) is 10.6. The summed E-state index contributed by atoms with van der Waals surface area (Å²) >= 11 is 0. The number of piperidine rings is 1. The quantitative estimate of drug-likeness (QED) is 0.779. The highest BCUT2D eigenvalue weighted by Crippen LogP contribution is 2.66. The van der Waals surface area contributed by atoms with Crippen molar-refractivity contribution < 1.29 is 14.3 Å². The van der Waals surface area contributed by atoms with Crippen LogP contribution < -0.4 is 0 Å². The second-order valence-corrected chi connectivity index (χ2v) is 9.10. The van der Waals surface area contributed by atoms with Crippen molar-refractivity contribution in [1.82, 2.24) is 4.90 Å². The molecule has 2 saturated heterocycles. The summed E-state index contributed by atoms with van der Waals surface area (Å²) in [5.41, 5.74) is -0.567. The van der Waals surface area contributed by atoms with E-state index in [1.54, 1.807) is 0 Å². The minimum Gasteiger partial charge on any atom is -0.448 e. The molecule has 1 aliphatic carbocycles. The largest absolute Gasteiger partial charge is 0.448 e. The summed E-state index contributed by atoms with van der Waals surface area (Å²) in [6.45, 7) is 7.56. The Morgan fingerprint density at radius 2 is 1.77 bits per heavy atom. The molecule has 0 unspecified atom stereocenters. The fourth-order valence-electron chi connectivity index (χ4n) is 5.26. The van der Waals surface area contributed by atoms with Crippen LogP contribution in [0, 0.1) is 16.7 Å². The van der Waals surface area contributed by atoms with Gasteiger partial charge in [-0.3, -0.25) is 9.59 Å². The number of ether oxygens (including phenoxy) is 1. The van der Waals surface area contributed by atoms with E-state index in [0.29, 0.717) is 12.3 Å². The van der Waals surface area contributed by atoms with Gasteiger partial charge in [0, 0.05) is 18.5 Å². The van der Waals surface area contributed by atoms with Gasteiger partial charge in [-0.25, -0.2) is 0 Å². The zero-order valence-electron chi connectivity index (χ0n) is 16.1. The molecule has 4 nitrogen and oxygen atoms in total. The van der Waals surface area contributed by atoms with E-state index < -0.39 is 16.4 Å². The Kier molecular flexibility index (Phi) is 3.94. The maximum atomic E-state index is 13.4. The van der Waals surface area contributed by atoms with Crippen molar-refractivity contribution in [3.8, 4) is 0 Å². The Morgan fingerprint density at radius 3 is 2.31 bits per heavy atom. The van der Waals surface area contributed by atoms with Crippen LogP contribution in [0.2, 0.25) is 0 Å². The molecule has 2 bridgehead atoms. The lowest BCUT2D eigenvalue weighted by molar-refractivity contribution is -0.174. The van der Waals surface area contributed by atoms with Crippen molar-refractivity contribution in [2.75, 3.05) is 13.1 Å². The van der Waals surface area contributed by atoms with Gasteiger partial charge in [0.2, 0.25) is 0 Å². The Bertz CT molecular complexity index is 720. The van der Waals surface area contributed by atoms with Gasteiger partial charge in [0.15, 0.2) is 5.60 Å². The second-order valence-electron chi connectivity index (χ2n) is 9.10. The second kappa shape index (κ2) is 5.83. The van der Waals surface area contributed by atoms with Gasteiger partial charge in [0.05, 0.1) is 5.41 Å². The van der Waals surface area contributed by atoms with Crippen LogP contribution in [0.25, 0.3) is 0 Å². The molecule has 2 atom stereocenters. The monoisotopic (exact) mass is 355 g/mol. The van der Waals surface area contributed by atoms with E-state index in [-0.39, 0.29) is 11.9 Å². The third-order valence-electron chi connectivity index (χ3n) is 7.70. The number of esters is 1. The van der Waals surface area contributed by atoms with Crippen molar-refractivity contribution in [3.05, 3.63) is 35.9 Å². The van der Waals surface area contributed by atoms with Gasteiger partial charge in [-0.15, -0.1) is 0 Å². The maximum Gasteiger partial charge on any atom is 0.313 e. The van der Waals surface area contributed by atoms with Crippen molar-refractivity contribution in [3.63, 3.8) is 0 Å². The Balaban J connectivity index is 1.44. The smallest absolute Gasteiger partial charge is 0.313 e. The topological polar surface area (TPSA) is 46.6 Å². The number of benzene rings is 1. The van der Waals surface area contributed by atoms with Crippen LogP contribution >= 0.6 is 0 Å². The summed E-state index contributed by atoms with van der Waals surface area (Å²) in [5, 5.41) is 0. The third kappa shape index (κ3) is 2.27. The average molecular weight is 355 g/mol. The molecule has 0 radical (unpaired) electrons. The van der Waals surface area contributed by atoms with Gasteiger partial charge in [-0.2, -0.15) is 0 Å². The summed E-state index contributed by atoms with van der Waals surface area (Å²) in [6.07, 6.45) is 4.51. The molecule has 2 heterocycles. The number of nitrogens with zero attached hydrogens (tertiary/aromatic N) is 1. The Hall–Kier alpha value is -1.84. The highest BCUT2D eigenvalue weighted by molar-refractivity contribution is 5.96. The van der Waals surface area contributed by atoms with E-state index in [1.807, 2.05) is 31.7 Å². The van der Waals surface area contributed by atoms with Crippen LogP contribution in [-0.2, 0) is 20.7 Å². The molecule has 1 aromatic carbocycles. The van der Waals surface area contributed by atoms with Crippen LogP contribution in [0.1, 0.15) is 52.0 Å². The van der Waals surface area contributed by atoms with Gasteiger partial charge in [0.1, 0.15) is 0 Å². The van der Waals surface area contributed by atoms with Crippen molar-refractivity contribution in [1.29, 1.82) is 0 Å². The SMILES string of the molecule is CC1(C)[C@@]2(C(=O)N3CCC(Cc4ccccc4)CC3)CC[C@]1(C)C(=O)O2. The normalized spacial score (nSPS) is 33.3. The molecule has 3 aliphatic rings. The zero-order chi connectivity index (χ0) is 18.6. The molecule has 140 valence electrons. The maximum absolute atomic E-state index is 13.4. The highest BCUT2D eigenvalue weighted by atomic mass is 16.6. The van der Waals surface area contributed by atoms with E-state index in [1.165, 1.54) is 5.56 Å². The van der Waals surface area contributed by atoms with Crippen LogP contribution in [0.5, 0.6) is 0 Å². The molecular weight excluding hydrogens is 326 g/mol. The van der Waals surface area contributed by atoms with Crippen LogP contribution in [0.3, 0.4) is 0 Å². The highest BCUT2D eigenvalue weighted by Gasteiger charge is 2.76. The number of amides is 1.